The number of ether oxygens (including phenoxy) is 2. The first kappa shape index (κ1) is 12.9. The van der Waals surface area contributed by atoms with Gasteiger partial charge in [0.05, 0.1) is 0 Å². The third kappa shape index (κ3) is 5.47. The molecule has 0 aromatic heterocycles. The van der Waals surface area contributed by atoms with Crippen molar-refractivity contribution in [3.63, 3.8) is 0 Å². The van der Waals surface area contributed by atoms with Gasteiger partial charge in [0.1, 0.15) is 0 Å². The summed E-state index contributed by atoms with van der Waals surface area (Å²) in [5, 5.41) is 3.45. The monoisotopic (exact) mass is 216 g/mol. The van der Waals surface area contributed by atoms with Crippen LogP contribution in [0.1, 0.15) is 25.7 Å². The smallest absolute Gasteiger partial charge is 0.158 e. The Balaban J connectivity index is 2.09. The molecular weight excluding hydrogens is 192 g/mol. The van der Waals surface area contributed by atoms with E-state index in [1.54, 1.807) is 14.2 Å². The molecule has 0 aromatic rings. The van der Waals surface area contributed by atoms with Crippen LogP contribution >= 0.6 is 0 Å². The van der Waals surface area contributed by atoms with E-state index >= 15 is 0 Å². The molecule has 1 unspecified atom stereocenters. The maximum Gasteiger partial charge on any atom is 0.158 e. The van der Waals surface area contributed by atoms with Crippen LogP contribution in [0.25, 0.3) is 0 Å². The van der Waals surface area contributed by atoms with Gasteiger partial charge in [-0.05, 0) is 18.9 Å². The summed E-state index contributed by atoms with van der Waals surface area (Å²) in [6, 6.07) is 0.300. The van der Waals surface area contributed by atoms with Crippen molar-refractivity contribution in [2.75, 3.05) is 27.3 Å². The molecule has 0 heterocycles. The molecule has 1 saturated carbocycles. The van der Waals surface area contributed by atoms with Gasteiger partial charge in [-0.3, -0.25) is 0 Å². The summed E-state index contributed by atoms with van der Waals surface area (Å²) < 4.78 is 10.3. The van der Waals surface area contributed by atoms with Crippen molar-refractivity contribution in [1.29, 1.82) is 0 Å². The van der Waals surface area contributed by atoms with Crippen LogP contribution in [0.5, 0.6) is 0 Å². The average Bonchev–Trinajstić information content (AvgIpc) is 3.07. The Hall–Kier alpha value is -0.160. The van der Waals surface area contributed by atoms with Crippen molar-refractivity contribution in [2.24, 2.45) is 11.7 Å². The second-order valence-electron chi connectivity index (χ2n) is 4.26. The normalized spacial score (nSPS) is 18.4. The van der Waals surface area contributed by atoms with Gasteiger partial charge < -0.3 is 20.5 Å². The van der Waals surface area contributed by atoms with Crippen molar-refractivity contribution in [2.45, 2.75) is 38.0 Å². The largest absolute Gasteiger partial charge is 0.356 e. The minimum Gasteiger partial charge on any atom is -0.356 e. The highest BCUT2D eigenvalue weighted by atomic mass is 16.7. The van der Waals surface area contributed by atoms with E-state index in [4.69, 9.17) is 15.2 Å². The zero-order valence-electron chi connectivity index (χ0n) is 9.87. The molecule has 4 nitrogen and oxygen atoms in total. The van der Waals surface area contributed by atoms with Gasteiger partial charge in [-0.15, -0.1) is 0 Å². The lowest BCUT2D eigenvalue weighted by atomic mass is 10.2. The number of nitrogens with one attached hydrogen (secondary N) is 1. The van der Waals surface area contributed by atoms with Gasteiger partial charge in [-0.25, -0.2) is 0 Å². The molecule has 3 N–H and O–H groups in total. The number of rotatable bonds is 9. The standard InChI is InChI=1S/C11H24N2O2/c1-14-11(15-2)7-10(8-12)13-6-5-9-3-4-9/h9-11,13H,3-8,12H2,1-2H3. The van der Waals surface area contributed by atoms with E-state index in [0.29, 0.717) is 12.6 Å². The first-order valence-electron chi connectivity index (χ1n) is 5.79. The van der Waals surface area contributed by atoms with Gasteiger partial charge in [0.15, 0.2) is 6.29 Å². The minimum atomic E-state index is -0.146. The van der Waals surface area contributed by atoms with Crippen LogP contribution in [0, 0.1) is 5.92 Å². The van der Waals surface area contributed by atoms with Gasteiger partial charge in [0.25, 0.3) is 0 Å². The zero-order valence-corrected chi connectivity index (χ0v) is 9.87. The van der Waals surface area contributed by atoms with Crippen molar-refractivity contribution >= 4 is 0 Å². The SMILES string of the molecule is COC(CC(CN)NCCC1CC1)OC. The third-order valence-corrected chi connectivity index (χ3v) is 2.97. The molecule has 0 aliphatic heterocycles. The van der Waals surface area contributed by atoms with Crippen LogP contribution in [0.15, 0.2) is 0 Å². The second kappa shape index (κ2) is 7.17. The predicted molar refractivity (Wildman–Crippen MR) is 60.6 cm³/mol. The summed E-state index contributed by atoms with van der Waals surface area (Å²) in [6.45, 7) is 1.70. The number of hydrogen-bond donors (Lipinski definition) is 2. The van der Waals surface area contributed by atoms with Crippen LogP contribution in [-0.4, -0.2) is 39.6 Å². The van der Waals surface area contributed by atoms with Gasteiger partial charge >= 0.3 is 0 Å². The highest BCUT2D eigenvalue weighted by Crippen LogP contribution is 2.31. The summed E-state index contributed by atoms with van der Waals surface area (Å²) in [7, 11) is 3.32. The van der Waals surface area contributed by atoms with Crippen LogP contribution in [0.3, 0.4) is 0 Å². The Labute approximate surface area is 92.5 Å². The van der Waals surface area contributed by atoms with E-state index < -0.39 is 0 Å². The van der Waals surface area contributed by atoms with Crippen LogP contribution < -0.4 is 11.1 Å². The van der Waals surface area contributed by atoms with Crippen LogP contribution in [-0.2, 0) is 9.47 Å². The van der Waals surface area contributed by atoms with E-state index in [2.05, 4.69) is 5.32 Å². The minimum absolute atomic E-state index is 0.146. The molecule has 0 spiro atoms. The average molecular weight is 216 g/mol. The number of methoxy groups -OCH3 is 2. The molecule has 1 atom stereocenters. The van der Waals surface area contributed by atoms with Crippen LogP contribution in [0.2, 0.25) is 0 Å². The fraction of sp³-hybridized carbons (Fsp3) is 1.00. The summed E-state index contributed by atoms with van der Waals surface area (Å²) >= 11 is 0. The first-order valence-corrected chi connectivity index (χ1v) is 5.79. The highest BCUT2D eigenvalue weighted by molar-refractivity contribution is 4.76. The molecule has 1 aliphatic rings. The quantitative estimate of drug-likeness (QED) is 0.557. The molecule has 15 heavy (non-hydrogen) atoms. The third-order valence-electron chi connectivity index (χ3n) is 2.97. The summed E-state index contributed by atoms with van der Waals surface area (Å²) in [6.07, 6.45) is 4.77. The van der Waals surface area contributed by atoms with Gasteiger partial charge in [0.2, 0.25) is 0 Å². The second-order valence-corrected chi connectivity index (χ2v) is 4.26. The Morgan fingerprint density at radius 3 is 2.47 bits per heavy atom. The van der Waals surface area contributed by atoms with E-state index in [1.807, 2.05) is 0 Å². The Bertz CT molecular complexity index is 159. The molecule has 0 bridgehead atoms. The van der Waals surface area contributed by atoms with Gasteiger partial charge in [-0.2, -0.15) is 0 Å². The molecule has 0 radical (unpaired) electrons. The van der Waals surface area contributed by atoms with Crippen LogP contribution in [0.4, 0.5) is 0 Å². The summed E-state index contributed by atoms with van der Waals surface area (Å²) in [5.74, 6) is 0.969. The lowest BCUT2D eigenvalue weighted by Crippen LogP contribution is -2.40. The molecule has 90 valence electrons. The first-order chi connectivity index (χ1) is 7.30. The van der Waals surface area contributed by atoms with Crippen molar-refractivity contribution in [3.05, 3.63) is 0 Å². The Morgan fingerprint density at radius 2 is 2.00 bits per heavy atom. The van der Waals surface area contributed by atoms with Gasteiger partial charge in [-0.1, -0.05) is 12.8 Å². The van der Waals surface area contributed by atoms with Crippen molar-refractivity contribution in [3.8, 4) is 0 Å². The summed E-state index contributed by atoms with van der Waals surface area (Å²) in [5.41, 5.74) is 5.69. The van der Waals surface area contributed by atoms with E-state index in [1.165, 1.54) is 19.3 Å². The van der Waals surface area contributed by atoms with Crippen molar-refractivity contribution in [1.82, 2.24) is 5.32 Å². The van der Waals surface area contributed by atoms with Gasteiger partial charge in [0, 0.05) is 33.2 Å². The van der Waals surface area contributed by atoms with E-state index in [9.17, 15) is 0 Å². The maximum atomic E-state index is 5.69. The summed E-state index contributed by atoms with van der Waals surface area (Å²) in [4.78, 5) is 0. The Kier molecular flexibility index (Phi) is 6.17. The molecular formula is C11H24N2O2. The fourth-order valence-electron chi connectivity index (χ4n) is 1.68. The predicted octanol–water partition coefficient (Wildman–Crippen LogP) is 0.712. The van der Waals surface area contributed by atoms with E-state index in [-0.39, 0.29) is 6.29 Å². The molecule has 1 fully saturated rings. The van der Waals surface area contributed by atoms with Crippen molar-refractivity contribution < 1.29 is 9.47 Å². The highest BCUT2D eigenvalue weighted by Gasteiger charge is 2.21. The molecule has 0 aromatic carbocycles. The molecule has 1 rings (SSSR count). The molecule has 4 heteroatoms. The van der Waals surface area contributed by atoms with E-state index in [0.717, 1.165) is 18.9 Å². The lowest BCUT2D eigenvalue weighted by molar-refractivity contribution is -0.110. The fourth-order valence-corrected chi connectivity index (χ4v) is 1.68. The molecule has 0 amide bonds. The topological polar surface area (TPSA) is 56.5 Å². The lowest BCUT2D eigenvalue weighted by Gasteiger charge is -2.21. The maximum absolute atomic E-state index is 5.69. The Morgan fingerprint density at radius 1 is 1.33 bits per heavy atom. The number of nitrogens with two attached hydrogens (primary N) is 1. The number of hydrogen-bond acceptors (Lipinski definition) is 4. The zero-order chi connectivity index (χ0) is 11.1. The molecule has 0 saturated heterocycles. The molecule has 1 aliphatic carbocycles.